The van der Waals surface area contributed by atoms with E-state index in [0.29, 0.717) is 23.6 Å². The van der Waals surface area contributed by atoms with E-state index in [9.17, 15) is 9.59 Å². The number of imidazole rings is 1. The third kappa shape index (κ3) is 5.10. The van der Waals surface area contributed by atoms with Gasteiger partial charge in [-0.2, -0.15) is 5.21 Å². The summed E-state index contributed by atoms with van der Waals surface area (Å²) in [5, 5.41) is 14.2. The molecule has 0 unspecified atom stereocenters. The quantitative estimate of drug-likeness (QED) is 0.253. The molecule has 194 valence electrons. The number of unbranched alkanes of at least 4 members (excludes halogenated alkanes) is 1. The number of carbonyl (C=O) groups is 2. The summed E-state index contributed by atoms with van der Waals surface area (Å²) in [4.78, 5) is 31.9. The maximum Gasteiger partial charge on any atom is 0.326 e. The van der Waals surface area contributed by atoms with Gasteiger partial charge in [0.05, 0.1) is 29.8 Å². The number of hydrogen-bond donors (Lipinski definition) is 1. The molecule has 1 aliphatic rings. The van der Waals surface area contributed by atoms with Gasteiger partial charge < -0.3 is 9.30 Å². The number of benzene rings is 2. The monoisotopic (exact) mass is 511 g/mol. The van der Waals surface area contributed by atoms with Gasteiger partial charge in [-0.1, -0.05) is 55.8 Å². The zero-order valence-electron chi connectivity index (χ0n) is 21.4. The van der Waals surface area contributed by atoms with Gasteiger partial charge in [0, 0.05) is 24.1 Å². The lowest BCUT2D eigenvalue weighted by atomic mass is 10.1. The van der Waals surface area contributed by atoms with Crippen molar-refractivity contribution < 1.29 is 14.3 Å². The SMILES string of the molecule is CCCCc1ncc(/C=C2/C(=O)N(CC(=O)OCC)c3ccccc32)n1Cc1ccc(-c2nn[nH]n2)cc1. The second-order valence-electron chi connectivity index (χ2n) is 8.99. The number of hydrogen-bond acceptors (Lipinski definition) is 7. The van der Waals surface area contributed by atoms with Crippen LogP contribution in [0.2, 0.25) is 0 Å². The van der Waals surface area contributed by atoms with Crippen LogP contribution in [0.1, 0.15) is 49.3 Å². The normalized spacial score (nSPS) is 13.8. The largest absolute Gasteiger partial charge is 0.465 e. The van der Waals surface area contributed by atoms with Crippen LogP contribution < -0.4 is 4.90 Å². The fourth-order valence-electron chi connectivity index (χ4n) is 4.57. The second-order valence-corrected chi connectivity index (χ2v) is 8.99. The Hall–Kier alpha value is -4.60. The number of aryl methyl sites for hydroxylation is 1. The van der Waals surface area contributed by atoms with Crippen molar-refractivity contribution in [3.05, 3.63) is 77.4 Å². The Labute approximate surface area is 220 Å². The molecule has 38 heavy (non-hydrogen) atoms. The second kappa shape index (κ2) is 11.2. The molecule has 0 fully saturated rings. The molecule has 10 heteroatoms. The minimum Gasteiger partial charge on any atom is -0.465 e. The van der Waals surface area contributed by atoms with Crippen molar-refractivity contribution in [2.45, 2.75) is 39.7 Å². The number of amides is 1. The fraction of sp³-hybridized carbons (Fsp3) is 0.286. The number of nitrogens with one attached hydrogen (secondary N) is 1. The average Bonchev–Trinajstić information content (AvgIpc) is 3.65. The summed E-state index contributed by atoms with van der Waals surface area (Å²) >= 11 is 0. The maximum absolute atomic E-state index is 13.5. The molecule has 0 spiro atoms. The number of H-pyrrole nitrogens is 1. The van der Waals surface area contributed by atoms with Gasteiger partial charge >= 0.3 is 5.97 Å². The standard InChI is InChI=1S/C28H29N7O3/c1-3-5-10-25-29-16-21(34(25)17-19-11-13-20(14-12-19)27-30-32-33-31-27)15-23-22-8-6-7-9-24(22)35(28(23)37)18-26(36)38-4-2/h6-9,11-16H,3-5,10,17-18H2,1-2H3,(H,30,31,32,33)/b23-15+. The van der Waals surface area contributed by atoms with E-state index in [-0.39, 0.29) is 19.1 Å². The third-order valence-electron chi connectivity index (χ3n) is 6.47. The lowest BCUT2D eigenvalue weighted by Gasteiger charge is -2.15. The van der Waals surface area contributed by atoms with Gasteiger partial charge in [-0.25, -0.2) is 4.98 Å². The lowest BCUT2D eigenvalue weighted by Crippen LogP contribution is -2.33. The van der Waals surface area contributed by atoms with Crippen LogP contribution in [-0.2, 0) is 27.3 Å². The first kappa shape index (κ1) is 25.1. The Kier molecular flexibility index (Phi) is 7.39. The van der Waals surface area contributed by atoms with Gasteiger partial charge in [0.25, 0.3) is 5.91 Å². The number of aromatic amines is 1. The van der Waals surface area contributed by atoms with Gasteiger partial charge in [-0.3, -0.25) is 14.5 Å². The molecule has 1 amide bonds. The van der Waals surface area contributed by atoms with Crippen LogP contribution in [0.3, 0.4) is 0 Å². The molecule has 4 aromatic rings. The highest BCUT2D eigenvalue weighted by atomic mass is 16.5. The zero-order chi connectivity index (χ0) is 26.5. The van der Waals surface area contributed by atoms with Crippen molar-refractivity contribution >= 4 is 29.2 Å². The number of rotatable bonds is 10. The number of aromatic nitrogens is 6. The zero-order valence-corrected chi connectivity index (χ0v) is 21.4. The molecular formula is C28H29N7O3. The molecule has 0 atom stereocenters. The first-order chi connectivity index (χ1) is 18.6. The van der Waals surface area contributed by atoms with Crippen LogP contribution in [0.5, 0.6) is 0 Å². The van der Waals surface area contributed by atoms with Crippen LogP contribution in [0.25, 0.3) is 23.0 Å². The van der Waals surface area contributed by atoms with Crippen molar-refractivity contribution in [1.29, 1.82) is 0 Å². The highest BCUT2D eigenvalue weighted by Crippen LogP contribution is 2.37. The van der Waals surface area contributed by atoms with Crippen molar-refractivity contribution in [1.82, 2.24) is 30.2 Å². The van der Waals surface area contributed by atoms with Gasteiger partial charge in [-0.15, -0.1) is 10.2 Å². The fourth-order valence-corrected chi connectivity index (χ4v) is 4.57. The number of fused-ring (bicyclic) bond motifs is 1. The van der Waals surface area contributed by atoms with E-state index in [1.807, 2.05) is 60.8 Å². The Morgan fingerprint density at radius 2 is 1.92 bits per heavy atom. The average molecular weight is 512 g/mol. The summed E-state index contributed by atoms with van der Waals surface area (Å²) in [7, 11) is 0. The smallest absolute Gasteiger partial charge is 0.326 e. The Morgan fingerprint density at radius 1 is 1.11 bits per heavy atom. The Balaban J connectivity index is 1.48. The van der Waals surface area contributed by atoms with Crippen LogP contribution >= 0.6 is 0 Å². The minimum absolute atomic E-state index is 0.130. The van der Waals surface area contributed by atoms with Crippen molar-refractivity contribution in [3.8, 4) is 11.4 Å². The van der Waals surface area contributed by atoms with E-state index >= 15 is 0 Å². The summed E-state index contributed by atoms with van der Waals surface area (Å²) in [6.45, 7) is 4.63. The van der Waals surface area contributed by atoms with Gasteiger partial charge in [-0.05, 0) is 36.3 Å². The van der Waals surface area contributed by atoms with Crippen LogP contribution in [0.15, 0.2) is 54.7 Å². The van der Waals surface area contributed by atoms with E-state index < -0.39 is 5.97 Å². The lowest BCUT2D eigenvalue weighted by molar-refractivity contribution is -0.142. The summed E-state index contributed by atoms with van der Waals surface area (Å²) in [6, 6.07) is 15.5. The van der Waals surface area contributed by atoms with E-state index in [0.717, 1.165) is 47.5 Å². The third-order valence-corrected chi connectivity index (χ3v) is 6.47. The van der Waals surface area contributed by atoms with Crippen LogP contribution in [0, 0.1) is 0 Å². The molecule has 5 rings (SSSR count). The topological polar surface area (TPSA) is 119 Å². The number of nitrogens with zero attached hydrogens (tertiary/aromatic N) is 6. The van der Waals surface area contributed by atoms with E-state index in [1.54, 1.807) is 6.92 Å². The van der Waals surface area contributed by atoms with Gasteiger partial charge in [0.15, 0.2) is 0 Å². The molecule has 3 heterocycles. The van der Waals surface area contributed by atoms with Gasteiger partial charge in [0.1, 0.15) is 12.4 Å². The van der Waals surface area contributed by atoms with E-state index in [4.69, 9.17) is 9.72 Å². The number of para-hydroxylation sites is 1. The molecule has 1 aliphatic heterocycles. The minimum atomic E-state index is -0.437. The predicted octanol–water partition coefficient (Wildman–Crippen LogP) is 3.90. The predicted molar refractivity (Wildman–Crippen MR) is 143 cm³/mol. The molecule has 0 radical (unpaired) electrons. The molecule has 0 bridgehead atoms. The van der Waals surface area contributed by atoms with Crippen LogP contribution in [-0.4, -0.2) is 55.2 Å². The van der Waals surface area contributed by atoms with E-state index in [1.165, 1.54) is 4.90 Å². The summed E-state index contributed by atoms with van der Waals surface area (Å²) < 4.78 is 7.25. The van der Waals surface area contributed by atoms with Crippen molar-refractivity contribution in [2.75, 3.05) is 18.1 Å². The summed E-state index contributed by atoms with van der Waals surface area (Å²) in [5.41, 5.74) is 4.79. The molecule has 1 N–H and O–H groups in total. The first-order valence-electron chi connectivity index (χ1n) is 12.7. The Morgan fingerprint density at radius 3 is 2.66 bits per heavy atom. The number of tetrazole rings is 1. The summed E-state index contributed by atoms with van der Waals surface area (Å²) in [6.07, 6.45) is 6.59. The van der Waals surface area contributed by atoms with Crippen molar-refractivity contribution in [3.63, 3.8) is 0 Å². The number of anilines is 1. The van der Waals surface area contributed by atoms with Crippen molar-refractivity contribution in [2.24, 2.45) is 0 Å². The summed E-state index contributed by atoms with van der Waals surface area (Å²) in [5.74, 6) is 0.835. The molecule has 0 saturated carbocycles. The molecule has 2 aromatic heterocycles. The molecule has 2 aromatic carbocycles. The number of carbonyl (C=O) groups excluding carboxylic acids is 2. The molecular weight excluding hydrogens is 482 g/mol. The Bertz CT molecular complexity index is 1460. The number of ether oxygens (including phenoxy) is 1. The maximum atomic E-state index is 13.5. The van der Waals surface area contributed by atoms with Crippen LogP contribution in [0.4, 0.5) is 5.69 Å². The highest BCUT2D eigenvalue weighted by Gasteiger charge is 2.34. The molecule has 0 saturated heterocycles. The van der Waals surface area contributed by atoms with Gasteiger partial charge in [0.2, 0.25) is 5.82 Å². The molecule has 0 aliphatic carbocycles. The van der Waals surface area contributed by atoms with E-state index in [2.05, 4.69) is 32.1 Å². The number of esters is 1. The first-order valence-corrected chi connectivity index (χ1v) is 12.7. The highest BCUT2D eigenvalue weighted by molar-refractivity contribution is 6.36. The molecule has 10 nitrogen and oxygen atoms in total.